The van der Waals surface area contributed by atoms with Crippen molar-refractivity contribution in [2.45, 2.75) is 29.7 Å². The van der Waals surface area contributed by atoms with Crippen LogP contribution in [0, 0.1) is 0 Å². The molecule has 0 unspecified atom stereocenters. The lowest BCUT2D eigenvalue weighted by Gasteiger charge is -2.38. The van der Waals surface area contributed by atoms with E-state index in [9.17, 15) is 57.7 Å². The fourth-order valence-electron chi connectivity index (χ4n) is 0.896. The molecule has 0 saturated carbocycles. The second-order valence-corrected chi connectivity index (χ2v) is 3.38. The van der Waals surface area contributed by atoms with E-state index in [0.29, 0.717) is 0 Å². The summed E-state index contributed by atoms with van der Waals surface area (Å²) < 4.78 is 147. The van der Waals surface area contributed by atoms with Crippen molar-refractivity contribution in [3.63, 3.8) is 0 Å². The number of carbonyl (C=O) groups is 1. The predicted molar refractivity (Wildman–Crippen MR) is 36.4 cm³/mol. The molecule has 0 heterocycles. The number of hydrogen-bond donors (Lipinski definition) is 1. The number of alkyl halides is 10. The number of carboxylic acid groups (broad SMARTS) is 1. The van der Waals surface area contributed by atoms with Gasteiger partial charge in [0.2, 0.25) is 0 Å². The number of rotatable bonds is 5. The summed E-state index contributed by atoms with van der Waals surface area (Å²) in [4.78, 5) is 9.90. The molecule has 0 rings (SSSR count). The van der Waals surface area contributed by atoms with E-state index in [1.54, 1.807) is 0 Å². The second kappa shape index (κ2) is 4.81. The summed E-state index contributed by atoms with van der Waals surface area (Å²) >= 11 is 0. The van der Waals surface area contributed by atoms with Crippen LogP contribution in [0.15, 0.2) is 0 Å². The van der Waals surface area contributed by atoms with Gasteiger partial charge in [-0.15, -0.1) is 0 Å². The number of aliphatic carboxylic acids is 1. The van der Waals surface area contributed by atoms with Crippen LogP contribution in [0.4, 0.5) is 52.9 Å². The van der Waals surface area contributed by atoms with Crippen LogP contribution in [0.3, 0.4) is 0 Å². The molecule has 0 aliphatic rings. The van der Waals surface area contributed by atoms with Crippen molar-refractivity contribution in [1.29, 1.82) is 0 Å². The van der Waals surface area contributed by atoms with Gasteiger partial charge in [-0.3, -0.25) is 0 Å². The van der Waals surface area contributed by atoms with Crippen LogP contribution in [-0.4, -0.2) is 46.2 Å². The molecule has 0 radical (unpaired) electrons. The lowest BCUT2D eigenvalue weighted by atomic mass is 9.95. The molecule has 0 saturated heterocycles. The monoisotopic (exact) mass is 347 g/mol. The summed E-state index contributed by atoms with van der Waals surface area (Å²) in [6.07, 6.45) is -7.41. The van der Waals surface area contributed by atoms with Gasteiger partial charge in [0, 0.05) is 0 Å². The molecule has 3 nitrogen and oxygen atoms in total. The van der Waals surface area contributed by atoms with Crippen molar-refractivity contribution in [3.05, 3.63) is 0 Å². The molecule has 126 valence electrons. The Kier molecular flexibility index (Phi) is 4.48. The van der Waals surface area contributed by atoms with Gasteiger partial charge in [0.05, 0.1) is 5.34 Å². The molecule has 1 atom stereocenters. The SMILES string of the molecule is O=C(O)[C@@](F)(N(F)F)C(F)(F)C(F)(F)C(F)(F)C(F)(F)F. The van der Waals surface area contributed by atoms with Crippen molar-refractivity contribution < 1.29 is 62.8 Å². The maximum atomic E-state index is 12.9. The number of nitrogens with zero attached hydrogens (tertiary/aromatic N) is 1. The van der Waals surface area contributed by atoms with Crippen molar-refractivity contribution in [1.82, 2.24) is 5.34 Å². The molecule has 0 aromatic rings. The molecule has 0 aliphatic carbocycles. The normalized spacial score (nSPS) is 17.8. The first-order valence-corrected chi connectivity index (χ1v) is 4.13. The van der Waals surface area contributed by atoms with Crippen molar-refractivity contribution in [2.24, 2.45) is 0 Å². The first-order valence-electron chi connectivity index (χ1n) is 4.13. The summed E-state index contributed by atoms with van der Waals surface area (Å²) in [6, 6.07) is 0. The van der Waals surface area contributed by atoms with E-state index in [1.807, 2.05) is 0 Å². The Hall–Kier alpha value is -1.41. The minimum Gasteiger partial charge on any atom is -0.478 e. The zero-order valence-corrected chi connectivity index (χ0v) is 8.84. The average molecular weight is 347 g/mol. The molecule has 0 aromatic carbocycles. The van der Waals surface area contributed by atoms with Gasteiger partial charge in [-0.25, -0.2) is 9.18 Å². The molecular formula is C6HF12NO2. The van der Waals surface area contributed by atoms with E-state index in [2.05, 4.69) is 0 Å². The third-order valence-corrected chi connectivity index (χ3v) is 2.08. The Morgan fingerprint density at radius 2 is 1.05 bits per heavy atom. The van der Waals surface area contributed by atoms with Crippen LogP contribution in [-0.2, 0) is 4.79 Å². The molecule has 0 aliphatic heterocycles. The molecular weight excluding hydrogens is 346 g/mol. The molecule has 0 aromatic heterocycles. The zero-order valence-electron chi connectivity index (χ0n) is 8.84. The molecule has 0 spiro atoms. The van der Waals surface area contributed by atoms with Gasteiger partial charge in [0.15, 0.2) is 0 Å². The Labute approximate surface area is 105 Å². The van der Waals surface area contributed by atoms with E-state index in [1.165, 1.54) is 0 Å². The standard InChI is InChI=1S/C6HF12NO2/c7-2(1(20)21,19(17)18)3(8,9)4(10,11)5(12,13)6(14,15)16/h(H,20,21)/t2-/m1/s1. The smallest absolute Gasteiger partial charge is 0.460 e. The van der Waals surface area contributed by atoms with Crippen LogP contribution in [0.25, 0.3) is 0 Å². The van der Waals surface area contributed by atoms with Gasteiger partial charge in [-0.05, 0) is 0 Å². The van der Waals surface area contributed by atoms with E-state index in [-0.39, 0.29) is 0 Å². The fraction of sp³-hybridized carbons (Fsp3) is 0.833. The summed E-state index contributed by atoms with van der Waals surface area (Å²) in [6.45, 7) is 0. The Morgan fingerprint density at radius 3 is 1.24 bits per heavy atom. The molecule has 0 amide bonds. The van der Waals surface area contributed by atoms with E-state index in [4.69, 9.17) is 5.11 Å². The number of carboxylic acids is 1. The van der Waals surface area contributed by atoms with Crippen LogP contribution < -0.4 is 0 Å². The minimum atomic E-state index is -7.85. The van der Waals surface area contributed by atoms with Crippen molar-refractivity contribution in [3.8, 4) is 0 Å². The average Bonchev–Trinajstić information content (AvgIpc) is 2.24. The topological polar surface area (TPSA) is 40.5 Å². The molecule has 1 N–H and O–H groups in total. The van der Waals surface area contributed by atoms with Crippen LogP contribution >= 0.6 is 0 Å². The Balaban J connectivity index is 6.29. The lowest BCUT2D eigenvalue weighted by Crippen LogP contribution is -2.71. The first-order chi connectivity index (χ1) is 8.89. The predicted octanol–water partition coefficient (Wildman–Crippen LogP) is 3.28. The van der Waals surface area contributed by atoms with E-state index >= 15 is 0 Å². The summed E-state index contributed by atoms with van der Waals surface area (Å²) in [5, 5.41) is 3.98. The highest BCUT2D eigenvalue weighted by atomic mass is 19.4. The highest BCUT2D eigenvalue weighted by molar-refractivity contribution is 5.78. The van der Waals surface area contributed by atoms with Crippen molar-refractivity contribution in [2.75, 3.05) is 0 Å². The van der Waals surface area contributed by atoms with Gasteiger partial charge >= 0.3 is 35.7 Å². The minimum absolute atomic E-state index is 3.75. The van der Waals surface area contributed by atoms with Crippen LogP contribution in [0.1, 0.15) is 0 Å². The Morgan fingerprint density at radius 1 is 0.714 bits per heavy atom. The van der Waals surface area contributed by atoms with Gasteiger partial charge in [-0.2, -0.15) is 39.5 Å². The molecule has 0 fully saturated rings. The van der Waals surface area contributed by atoms with Crippen LogP contribution in [0.2, 0.25) is 0 Å². The van der Waals surface area contributed by atoms with Gasteiger partial charge in [-0.1, -0.05) is 8.96 Å². The van der Waals surface area contributed by atoms with Crippen LogP contribution in [0.5, 0.6) is 0 Å². The Bertz CT molecular complexity index is 416. The highest BCUT2D eigenvalue weighted by Gasteiger charge is 2.89. The third kappa shape index (κ3) is 2.36. The quantitative estimate of drug-likeness (QED) is 0.472. The fourth-order valence-corrected chi connectivity index (χ4v) is 0.896. The lowest BCUT2D eigenvalue weighted by molar-refractivity contribution is -0.438. The first kappa shape index (κ1) is 19.6. The van der Waals surface area contributed by atoms with Gasteiger partial charge in [0.1, 0.15) is 0 Å². The van der Waals surface area contributed by atoms with Crippen molar-refractivity contribution >= 4 is 5.97 Å². The van der Waals surface area contributed by atoms with E-state index < -0.39 is 41.1 Å². The highest BCUT2D eigenvalue weighted by Crippen LogP contribution is 2.57. The molecule has 0 bridgehead atoms. The summed E-state index contributed by atoms with van der Waals surface area (Å²) in [5.41, 5.74) is 0. The largest absolute Gasteiger partial charge is 0.478 e. The third-order valence-electron chi connectivity index (χ3n) is 2.08. The second-order valence-electron chi connectivity index (χ2n) is 3.38. The maximum Gasteiger partial charge on any atom is 0.460 e. The number of hydrogen-bond acceptors (Lipinski definition) is 2. The van der Waals surface area contributed by atoms with Gasteiger partial charge in [0.25, 0.3) is 0 Å². The maximum absolute atomic E-state index is 12.9. The summed E-state index contributed by atoms with van der Waals surface area (Å²) in [7, 11) is 0. The molecule has 15 heteroatoms. The number of halogens is 12. The van der Waals surface area contributed by atoms with Gasteiger partial charge < -0.3 is 5.11 Å². The van der Waals surface area contributed by atoms with E-state index in [0.717, 1.165) is 0 Å². The molecule has 21 heavy (non-hydrogen) atoms. The summed E-state index contributed by atoms with van der Waals surface area (Å²) in [5.74, 6) is -34.2. The zero-order chi connectivity index (χ0) is 17.7.